The van der Waals surface area contributed by atoms with Crippen LogP contribution in [0.5, 0.6) is 0 Å². The molecule has 0 amide bonds. The summed E-state index contributed by atoms with van der Waals surface area (Å²) in [6.45, 7) is 6.20. The van der Waals surface area contributed by atoms with Crippen molar-refractivity contribution in [3.05, 3.63) is 0 Å². The van der Waals surface area contributed by atoms with Gasteiger partial charge in [-0.05, 0) is 5.41 Å². The fourth-order valence-corrected chi connectivity index (χ4v) is 0.694. The molecule has 0 radical (unpaired) electrons. The summed E-state index contributed by atoms with van der Waals surface area (Å²) in [6.07, 6.45) is 0. The summed E-state index contributed by atoms with van der Waals surface area (Å²) < 4.78 is 5.00. The molecule has 15 heavy (non-hydrogen) atoms. The van der Waals surface area contributed by atoms with Crippen molar-refractivity contribution in [2.45, 2.75) is 20.8 Å². The van der Waals surface area contributed by atoms with Gasteiger partial charge in [0.15, 0.2) is 0 Å². The van der Waals surface area contributed by atoms with Gasteiger partial charge in [-0.1, -0.05) is 25.9 Å². The number of carbonyl (C=O) groups excluding carboxylic acids is 1. The largest absolute Gasteiger partial charge is 0.464 e. The molecule has 6 heteroatoms. The zero-order valence-electron chi connectivity index (χ0n) is 9.65. The van der Waals surface area contributed by atoms with Gasteiger partial charge in [0.1, 0.15) is 6.54 Å². The van der Waals surface area contributed by atoms with Crippen molar-refractivity contribution in [1.82, 2.24) is 4.90 Å². The lowest BCUT2D eigenvalue weighted by molar-refractivity contribution is -0.146. The molecule has 0 aliphatic carbocycles. The maximum Gasteiger partial charge on any atom is 0.325 e. The van der Waals surface area contributed by atoms with Crippen LogP contribution in [0.25, 0.3) is 0 Å². The predicted molar refractivity (Wildman–Crippen MR) is 56.5 cm³/mol. The molecule has 88 valence electrons. The van der Waals surface area contributed by atoms with Crippen LogP contribution < -0.4 is 5.73 Å². The number of oxime groups is 1. The molecule has 0 saturated heterocycles. The topological polar surface area (TPSA) is 88.2 Å². The van der Waals surface area contributed by atoms with E-state index in [-0.39, 0.29) is 17.9 Å². The molecule has 0 spiro atoms. The summed E-state index contributed by atoms with van der Waals surface area (Å²) in [5.41, 5.74) is 5.20. The van der Waals surface area contributed by atoms with Gasteiger partial charge in [-0.2, -0.15) is 0 Å². The zero-order valence-corrected chi connectivity index (χ0v) is 9.65. The second-order valence-electron chi connectivity index (χ2n) is 4.54. The first-order valence-corrected chi connectivity index (χ1v) is 4.60. The molecule has 6 nitrogen and oxygen atoms in total. The quantitative estimate of drug-likeness (QED) is 0.232. The van der Waals surface area contributed by atoms with E-state index in [1.54, 1.807) is 0 Å². The number of nitrogens with zero attached hydrogens (tertiary/aromatic N) is 2. The Bertz CT molecular complexity index is 245. The molecule has 0 atom stereocenters. The van der Waals surface area contributed by atoms with E-state index in [4.69, 9.17) is 15.7 Å². The fraction of sp³-hybridized carbons (Fsp3) is 0.778. The molecule has 0 aromatic rings. The lowest BCUT2D eigenvalue weighted by Crippen LogP contribution is -2.38. The maximum absolute atomic E-state index is 11.3. The van der Waals surface area contributed by atoms with Crippen LogP contribution in [0.15, 0.2) is 5.16 Å². The Morgan fingerprint density at radius 2 is 2.07 bits per heavy atom. The summed E-state index contributed by atoms with van der Waals surface area (Å²) in [4.78, 5) is 12.6. The monoisotopic (exact) mass is 217 g/mol. The molecule has 3 N–H and O–H groups in total. The minimum absolute atomic E-state index is 0.0357. The molecular weight excluding hydrogens is 198 g/mol. The van der Waals surface area contributed by atoms with Crippen molar-refractivity contribution in [3.63, 3.8) is 0 Å². The number of rotatable bonds is 3. The van der Waals surface area contributed by atoms with Crippen molar-refractivity contribution in [3.8, 4) is 0 Å². The highest BCUT2D eigenvalue weighted by atomic mass is 16.5. The number of ether oxygens (including phenoxy) is 1. The number of hydrogen-bond donors (Lipinski definition) is 2. The lowest BCUT2D eigenvalue weighted by Gasteiger charge is -2.20. The Kier molecular flexibility index (Phi) is 4.90. The normalized spacial score (nSPS) is 12.4. The number of hydrogen-bond acceptors (Lipinski definition) is 4. The van der Waals surface area contributed by atoms with Crippen LogP contribution in [0, 0.1) is 5.41 Å². The first-order valence-electron chi connectivity index (χ1n) is 4.60. The SMILES string of the molecule is CN(CC(=O)OCC(C)(C)C)/C(N)=N/O. The maximum atomic E-state index is 11.3. The Morgan fingerprint density at radius 1 is 1.53 bits per heavy atom. The highest BCUT2D eigenvalue weighted by Crippen LogP contribution is 2.12. The molecule has 0 aromatic heterocycles. The molecule has 0 fully saturated rings. The predicted octanol–water partition coefficient (Wildman–Crippen LogP) is 0.211. The van der Waals surface area contributed by atoms with E-state index in [0.29, 0.717) is 6.61 Å². The standard InChI is InChI=1S/C9H19N3O3/c1-9(2,3)6-15-7(13)5-12(4)8(10)11-14/h14H,5-6H2,1-4H3,(H2,10,11). The second kappa shape index (κ2) is 5.43. The smallest absolute Gasteiger partial charge is 0.325 e. The van der Waals surface area contributed by atoms with E-state index in [1.807, 2.05) is 20.8 Å². The number of nitrogens with two attached hydrogens (primary N) is 1. The van der Waals surface area contributed by atoms with Gasteiger partial charge in [-0.15, -0.1) is 0 Å². The van der Waals surface area contributed by atoms with Gasteiger partial charge in [-0.25, -0.2) is 0 Å². The van der Waals surface area contributed by atoms with Gasteiger partial charge in [0.05, 0.1) is 6.61 Å². The summed E-state index contributed by atoms with van der Waals surface area (Å²) in [5, 5.41) is 11.1. The molecular formula is C9H19N3O3. The molecule has 0 saturated carbocycles. The first kappa shape index (κ1) is 13.5. The highest BCUT2D eigenvalue weighted by Gasteiger charge is 2.15. The number of carbonyl (C=O) groups is 1. The molecule has 0 rings (SSSR count). The third-order valence-electron chi connectivity index (χ3n) is 1.53. The van der Waals surface area contributed by atoms with Gasteiger partial charge >= 0.3 is 5.97 Å². The first-order chi connectivity index (χ1) is 6.76. The van der Waals surface area contributed by atoms with Gasteiger partial charge in [0, 0.05) is 7.05 Å². The summed E-state index contributed by atoms with van der Waals surface area (Å²) in [5.74, 6) is -0.526. The van der Waals surface area contributed by atoms with Crippen molar-refractivity contribution in [2.24, 2.45) is 16.3 Å². The highest BCUT2D eigenvalue weighted by molar-refractivity contribution is 5.82. The van der Waals surface area contributed by atoms with Crippen molar-refractivity contribution >= 4 is 11.9 Å². The molecule has 0 heterocycles. The van der Waals surface area contributed by atoms with Gasteiger partial charge < -0.3 is 20.6 Å². The van der Waals surface area contributed by atoms with E-state index in [0.717, 1.165) is 0 Å². The zero-order chi connectivity index (χ0) is 12.1. The van der Waals surface area contributed by atoms with E-state index < -0.39 is 5.97 Å². The number of guanidine groups is 1. The van der Waals surface area contributed by atoms with E-state index >= 15 is 0 Å². The molecule has 0 bridgehead atoms. The van der Waals surface area contributed by atoms with Crippen molar-refractivity contribution < 1.29 is 14.7 Å². The summed E-state index contributed by atoms with van der Waals surface area (Å²) >= 11 is 0. The van der Waals surface area contributed by atoms with Crippen LogP contribution >= 0.6 is 0 Å². The van der Waals surface area contributed by atoms with Gasteiger partial charge in [0.25, 0.3) is 0 Å². The number of likely N-dealkylation sites (N-methyl/N-ethyl adjacent to an activating group) is 1. The lowest BCUT2D eigenvalue weighted by atomic mass is 9.99. The Hall–Kier alpha value is -1.46. The third-order valence-corrected chi connectivity index (χ3v) is 1.53. The molecule has 0 aliphatic rings. The van der Waals surface area contributed by atoms with Crippen LogP contribution in [-0.4, -0.2) is 42.2 Å². The van der Waals surface area contributed by atoms with E-state index in [9.17, 15) is 4.79 Å². The Labute approximate surface area is 89.7 Å². The summed E-state index contributed by atoms with van der Waals surface area (Å²) in [6, 6.07) is 0. The van der Waals surface area contributed by atoms with Crippen LogP contribution in [-0.2, 0) is 9.53 Å². The number of esters is 1. The Morgan fingerprint density at radius 3 is 2.47 bits per heavy atom. The Balaban J connectivity index is 3.95. The van der Waals surface area contributed by atoms with Crippen LogP contribution in [0.3, 0.4) is 0 Å². The average molecular weight is 217 g/mol. The average Bonchev–Trinajstić information content (AvgIpc) is 2.12. The summed E-state index contributed by atoms with van der Waals surface area (Å²) in [7, 11) is 1.54. The van der Waals surface area contributed by atoms with Crippen molar-refractivity contribution in [1.29, 1.82) is 0 Å². The van der Waals surface area contributed by atoms with E-state index in [1.165, 1.54) is 11.9 Å². The molecule has 0 aliphatic heterocycles. The minimum Gasteiger partial charge on any atom is -0.464 e. The van der Waals surface area contributed by atoms with Crippen molar-refractivity contribution in [2.75, 3.05) is 20.2 Å². The fourth-order valence-electron chi connectivity index (χ4n) is 0.694. The van der Waals surface area contributed by atoms with Crippen LogP contribution in [0.4, 0.5) is 0 Å². The van der Waals surface area contributed by atoms with Crippen LogP contribution in [0.2, 0.25) is 0 Å². The van der Waals surface area contributed by atoms with E-state index in [2.05, 4.69) is 5.16 Å². The molecule has 0 aromatic carbocycles. The minimum atomic E-state index is -0.404. The van der Waals surface area contributed by atoms with Gasteiger partial charge in [0.2, 0.25) is 5.96 Å². The van der Waals surface area contributed by atoms with Gasteiger partial charge in [-0.3, -0.25) is 4.79 Å². The molecule has 0 unspecified atom stereocenters. The van der Waals surface area contributed by atoms with Crippen LogP contribution in [0.1, 0.15) is 20.8 Å². The second-order valence-corrected chi connectivity index (χ2v) is 4.54. The third kappa shape index (κ3) is 6.59.